The molecule has 3 N–H and O–H groups in total. The lowest BCUT2D eigenvalue weighted by Gasteiger charge is -2.11. The lowest BCUT2D eigenvalue weighted by atomic mass is 10.2. The van der Waals surface area contributed by atoms with Crippen molar-refractivity contribution < 1.29 is 14.3 Å². The van der Waals surface area contributed by atoms with Gasteiger partial charge in [-0.3, -0.25) is 4.79 Å². The molecular weight excluding hydrogens is 330 g/mol. The van der Waals surface area contributed by atoms with Crippen LogP contribution in [0.2, 0.25) is 0 Å². The number of rotatable bonds is 6. The maximum Gasteiger partial charge on any atom is 0.255 e. The maximum atomic E-state index is 12.2. The molecule has 0 saturated heterocycles. The molecule has 0 aliphatic heterocycles. The van der Waals surface area contributed by atoms with E-state index in [4.69, 9.17) is 15.2 Å². The zero-order chi connectivity index (χ0) is 18.4. The Morgan fingerprint density at radius 3 is 2.65 bits per heavy atom. The molecule has 0 saturated carbocycles. The van der Waals surface area contributed by atoms with Gasteiger partial charge in [-0.2, -0.15) is 0 Å². The second-order valence-electron chi connectivity index (χ2n) is 5.52. The summed E-state index contributed by atoms with van der Waals surface area (Å²) in [5, 5.41) is 2.83. The quantitative estimate of drug-likeness (QED) is 0.712. The highest BCUT2D eigenvalue weighted by Crippen LogP contribution is 2.31. The molecular formula is C20H19N3O3. The van der Waals surface area contributed by atoms with Crippen LogP contribution >= 0.6 is 0 Å². The molecule has 6 heteroatoms. The van der Waals surface area contributed by atoms with Crippen molar-refractivity contribution in [3.05, 3.63) is 78.0 Å². The monoisotopic (exact) mass is 349 g/mol. The van der Waals surface area contributed by atoms with E-state index in [0.29, 0.717) is 29.4 Å². The van der Waals surface area contributed by atoms with E-state index in [9.17, 15) is 4.79 Å². The number of benzene rings is 2. The van der Waals surface area contributed by atoms with Gasteiger partial charge in [-0.05, 0) is 42.0 Å². The number of nitrogens with zero attached hydrogens (tertiary/aromatic N) is 1. The number of para-hydroxylation sites is 2. The van der Waals surface area contributed by atoms with E-state index in [2.05, 4.69) is 10.3 Å². The number of pyridine rings is 1. The summed E-state index contributed by atoms with van der Waals surface area (Å²) in [4.78, 5) is 16.1. The molecule has 1 aromatic heterocycles. The Bertz CT molecular complexity index is 912. The summed E-state index contributed by atoms with van der Waals surface area (Å²) in [6.07, 6.45) is 1.55. The molecule has 1 heterocycles. The highest BCUT2D eigenvalue weighted by atomic mass is 16.5. The third-order valence-corrected chi connectivity index (χ3v) is 3.73. The molecule has 0 spiro atoms. The minimum absolute atomic E-state index is 0.207. The number of nitrogens with one attached hydrogen (secondary N) is 1. The van der Waals surface area contributed by atoms with E-state index in [-0.39, 0.29) is 11.7 Å². The van der Waals surface area contributed by atoms with Crippen LogP contribution in [0, 0.1) is 0 Å². The molecule has 132 valence electrons. The predicted octanol–water partition coefficient (Wildman–Crippen LogP) is 3.39. The van der Waals surface area contributed by atoms with Crippen molar-refractivity contribution in [2.45, 2.75) is 6.54 Å². The molecule has 0 radical (unpaired) electrons. The van der Waals surface area contributed by atoms with Crippen molar-refractivity contribution in [2.24, 2.45) is 0 Å². The number of amides is 1. The Morgan fingerprint density at radius 1 is 1.08 bits per heavy atom. The Kier molecular flexibility index (Phi) is 5.34. The van der Waals surface area contributed by atoms with E-state index < -0.39 is 0 Å². The number of nitrogen functional groups attached to an aromatic ring is 1. The van der Waals surface area contributed by atoms with E-state index in [0.717, 1.165) is 5.56 Å². The van der Waals surface area contributed by atoms with Crippen molar-refractivity contribution in [1.29, 1.82) is 0 Å². The number of ether oxygens (including phenoxy) is 2. The largest absolute Gasteiger partial charge is 0.493 e. The fraction of sp³-hybridized carbons (Fsp3) is 0.100. The molecule has 0 unspecified atom stereocenters. The highest BCUT2D eigenvalue weighted by molar-refractivity contribution is 5.98. The molecule has 1 amide bonds. The van der Waals surface area contributed by atoms with Crippen molar-refractivity contribution in [3.8, 4) is 17.2 Å². The van der Waals surface area contributed by atoms with Crippen LogP contribution in [0.5, 0.6) is 17.2 Å². The van der Waals surface area contributed by atoms with Gasteiger partial charge in [-0.1, -0.05) is 24.3 Å². The van der Waals surface area contributed by atoms with Crippen LogP contribution < -0.4 is 20.5 Å². The van der Waals surface area contributed by atoms with Crippen molar-refractivity contribution in [3.63, 3.8) is 0 Å². The molecule has 6 nitrogen and oxygen atoms in total. The standard InChI is InChI=1S/C20H19N3O3/c1-25-17-9-2-3-10-18(17)26-15-7-4-6-14(12-15)13-23-20(24)16-8-5-11-22-19(16)21/h2-12H,13H2,1H3,(H2,21,22)(H,23,24). The first kappa shape index (κ1) is 17.3. The number of hydrogen-bond donors (Lipinski definition) is 2. The van der Waals surface area contributed by atoms with Crippen LogP contribution in [0.1, 0.15) is 15.9 Å². The molecule has 3 rings (SSSR count). The predicted molar refractivity (Wildman–Crippen MR) is 99.3 cm³/mol. The summed E-state index contributed by atoms with van der Waals surface area (Å²) < 4.78 is 11.2. The van der Waals surface area contributed by atoms with Gasteiger partial charge in [0.05, 0.1) is 12.7 Å². The fourth-order valence-corrected chi connectivity index (χ4v) is 2.44. The minimum Gasteiger partial charge on any atom is -0.493 e. The minimum atomic E-state index is -0.272. The molecule has 3 aromatic rings. The fourth-order valence-electron chi connectivity index (χ4n) is 2.44. The first-order chi connectivity index (χ1) is 12.7. The number of nitrogens with two attached hydrogens (primary N) is 1. The second kappa shape index (κ2) is 8.02. The van der Waals surface area contributed by atoms with E-state index >= 15 is 0 Å². The Morgan fingerprint density at radius 2 is 1.88 bits per heavy atom. The van der Waals surface area contributed by atoms with Gasteiger partial charge in [-0.15, -0.1) is 0 Å². The second-order valence-corrected chi connectivity index (χ2v) is 5.52. The van der Waals surface area contributed by atoms with Gasteiger partial charge < -0.3 is 20.5 Å². The van der Waals surface area contributed by atoms with Crippen LogP contribution in [0.25, 0.3) is 0 Å². The molecule has 0 fully saturated rings. The summed E-state index contributed by atoms with van der Waals surface area (Å²) in [5.74, 6) is 1.87. The molecule has 0 aliphatic rings. The average molecular weight is 349 g/mol. The number of methoxy groups -OCH3 is 1. The van der Waals surface area contributed by atoms with Crippen molar-refractivity contribution in [2.75, 3.05) is 12.8 Å². The molecule has 0 bridgehead atoms. The Labute approximate surface area is 151 Å². The van der Waals surface area contributed by atoms with Crippen LogP contribution in [0.4, 0.5) is 5.82 Å². The lowest BCUT2D eigenvalue weighted by Crippen LogP contribution is -2.24. The normalized spacial score (nSPS) is 10.2. The number of hydrogen-bond acceptors (Lipinski definition) is 5. The van der Waals surface area contributed by atoms with Gasteiger partial charge >= 0.3 is 0 Å². The van der Waals surface area contributed by atoms with E-state index in [1.54, 1.807) is 25.4 Å². The van der Waals surface area contributed by atoms with Crippen LogP contribution in [-0.4, -0.2) is 18.0 Å². The van der Waals surface area contributed by atoms with Gasteiger partial charge in [0.25, 0.3) is 5.91 Å². The van der Waals surface area contributed by atoms with Crippen LogP contribution in [0.15, 0.2) is 66.9 Å². The summed E-state index contributed by atoms with van der Waals surface area (Å²) >= 11 is 0. The Balaban J connectivity index is 1.68. The van der Waals surface area contributed by atoms with Gasteiger partial charge in [-0.25, -0.2) is 4.98 Å². The summed E-state index contributed by atoms with van der Waals surface area (Å²) in [7, 11) is 1.60. The van der Waals surface area contributed by atoms with Gasteiger partial charge in [0.15, 0.2) is 11.5 Å². The Hall–Kier alpha value is -3.54. The number of anilines is 1. The summed E-state index contributed by atoms with van der Waals surface area (Å²) in [5.41, 5.74) is 6.98. The number of aromatic nitrogens is 1. The van der Waals surface area contributed by atoms with E-state index in [1.807, 2.05) is 48.5 Å². The zero-order valence-corrected chi connectivity index (χ0v) is 14.3. The molecule has 0 aliphatic carbocycles. The summed E-state index contributed by atoms with van der Waals surface area (Å²) in [6, 6.07) is 18.2. The van der Waals surface area contributed by atoms with Gasteiger partial charge in [0.2, 0.25) is 0 Å². The first-order valence-corrected chi connectivity index (χ1v) is 8.06. The van der Waals surface area contributed by atoms with Crippen molar-refractivity contribution >= 4 is 11.7 Å². The van der Waals surface area contributed by atoms with Gasteiger partial charge in [0, 0.05) is 12.7 Å². The SMILES string of the molecule is COc1ccccc1Oc1cccc(CNC(=O)c2cccnc2N)c1. The van der Waals surface area contributed by atoms with Crippen LogP contribution in [-0.2, 0) is 6.54 Å². The van der Waals surface area contributed by atoms with Crippen molar-refractivity contribution in [1.82, 2.24) is 10.3 Å². The van der Waals surface area contributed by atoms with E-state index in [1.165, 1.54) is 0 Å². The molecule has 26 heavy (non-hydrogen) atoms. The average Bonchev–Trinajstić information content (AvgIpc) is 2.67. The highest BCUT2D eigenvalue weighted by Gasteiger charge is 2.10. The van der Waals surface area contributed by atoms with Crippen LogP contribution in [0.3, 0.4) is 0 Å². The smallest absolute Gasteiger partial charge is 0.255 e. The first-order valence-electron chi connectivity index (χ1n) is 8.06. The molecule has 0 atom stereocenters. The third-order valence-electron chi connectivity index (χ3n) is 3.73. The topological polar surface area (TPSA) is 86.5 Å². The maximum absolute atomic E-state index is 12.2. The number of carbonyl (C=O) groups excluding carboxylic acids is 1. The number of carbonyl (C=O) groups is 1. The van der Waals surface area contributed by atoms with Gasteiger partial charge in [0.1, 0.15) is 11.6 Å². The molecule has 2 aromatic carbocycles. The zero-order valence-electron chi connectivity index (χ0n) is 14.3. The summed E-state index contributed by atoms with van der Waals surface area (Å²) in [6.45, 7) is 0.344. The third kappa shape index (κ3) is 4.10. The lowest BCUT2D eigenvalue weighted by molar-refractivity contribution is 0.0951.